The summed E-state index contributed by atoms with van der Waals surface area (Å²) >= 11 is 1.19. The second-order valence-corrected chi connectivity index (χ2v) is 7.73. The summed E-state index contributed by atoms with van der Waals surface area (Å²) in [6.45, 7) is 3.25. The molecule has 1 aliphatic rings. The van der Waals surface area contributed by atoms with Crippen molar-refractivity contribution in [3.05, 3.63) is 59.9 Å². The van der Waals surface area contributed by atoms with Gasteiger partial charge in [0.25, 0.3) is 0 Å². The fourth-order valence-corrected chi connectivity index (χ4v) is 3.69. The van der Waals surface area contributed by atoms with Crippen molar-refractivity contribution in [3.63, 3.8) is 0 Å². The Bertz CT molecular complexity index is 808. The summed E-state index contributed by atoms with van der Waals surface area (Å²) in [5.74, 6) is -0.756. The van der Waals surface area contributed by atoms with Gasteiger partial charge in [0.2, 0.25) is 11.8 Å². The highest BCUT2D eigenvalue weighted by Crippen LogP contribution is 2.16. The van der Waals surface area contributed by atoms with E-state index >= 15 is 0 Å². The van der Waals surface area contributed by atoms with Gasteiger partial charge in [0.1, 0.15) is 5.82 Å². The number of halogens is 1. The zero-order valence-electron chi connectivity index (χ0n) is 15.6. The lowest BCUT2D eigenvalue weighted by Crippen LogP contribution is -2.19. The van der Waals surface area contributed by atoms with Crippen molar-refractivity contribution in [3.8, 4) is 0 Å². The molecule has 28 heavy (non-hydrogen) atoms. The fraction of sp³-hybridized carbons (Fsp3) is 0.333. The molecule has 0 radical (unpaired) electrons. The average molecular weight is 402 g/mol. The zero-order chi connectivity index (χ0) is 19.8. The number of amides is 2. The summed E-state index contributed by atoms with van der Waals surface area (Å²) in [4.78, 5) is 26.3. The van der Waals surface area contributed by atoms with Gasteiger partial charge in [0, 0.05) is 12.2 Å². The van der Waals surface area contributed by atoms with Crippen LogP contribution >= 0.6 is 11.8 Å². The largest absolute Gasteiger partial charge is 0.325 e. The van der Waals surface area contributed by atoms with E-state index in [0.29, 0.717) is 0 Å². The Morgan fingerprint density at radius 1 is 0.929 bits per heavy atom. The Morgan fingerprint density at radius 2 is 1.57 bits per heavy atom. The highest BCUT2D eigenvalue weighted by Gasteiger charge is 2.12. The van der Waals surface area contributed by atoms with Crippen molar-refractivity contribution >= 4 is 35.0 Å². The van der Waals surface area contributed by atoms with Gasteiger partial charge in [0.05, 0.1) is 17.2 Å². The van der Waals surface area contributed by atoms with E-state index < -0.39 is 5.82 Å². The van der Waals surface area contributed by atoms with Crippen LogP contribution in [0.15, 0.2) is 48.5 Å². The van der Waals surface area contributed by atoms with Gasteiger partial charge in [-0.3, -0.25) is 14.5 Å². The molecule has 0 aliphatic carbocycles. The van der Waals surface area contributed by atoms with Crippen molar-refractivity contribution in [2.45, 2.75) is 19.4 Å². The summed E-state index contributed by atoms with van der Waals surface area (Å²) < 4.78 is 13.5. The lowest BCUT2D eigenvalue weighted by molar-refractivity contribution is -0.114. The maximum atomic E-state index is 13.5. The van der Waals surface area contributed by atoms with Crippen molar-refractivity contribution in [1.82, 2.24) is 4.90 Å². The van der Waals surface area contributed by atoms with Crippen LogP contribution < -0.4 is 10.6 Å². The summed E-state index contributed by atoms with van der Waals surface area (Å²) in [7, 11) is 0. The molecule has 2 aromatic rings. The molecule has 1 heterocycles. The number of rotatable bonds is 8. The first-order valence-electron chi connectivity index (χ1n) is 9.33. The number of hydrogen-bond acceptors (Lipinski definition) is 4. The van der Waals surface area contributed by atoms with Crippen LogP contribution in [0.3, 0.4) is 0 Å². The molecule has 0 atom stereocenters. The standard InChI is InChI=1S/C21H24FN3O2S/c22-18-5-1-2-6-19(18)24-21(27)15-28-14-20(26)23-17-9-7-16(8-10-17)13-25-11-3-4-12-25/h1-2,5-10H,3-4,11-15H2,(H,23,26)(H,24,27). The van der Waals surface area contributed by atoms with Crippen molar-refractivity contribution in [1.29, 1.82) is 0 Å². The molecule has 0 spiro atoms. The highest BCUT2D eigenvalue weighted by atomic mass is 32.2. The van der Waals surface area contributed by atoms with Crippen LogP contribution in [0.2, 0.25) is 0 Å². The van der Waals surface area contributed by atoms with Crippen LogP contribution in [0.5, 0.6) is 0 Å². The van der Waals surface area contributed by atoms with E-state index in [-0.39, 0.29) is 29.0 Å². The van der Waals surface area contributed by atoms with E-state index in [4.69, 9.17) is 0 Å². The number of anilines is 2. The molecule has 0 aromatic heterocycles. The second-order valence-electron chi connectivity index (χ2n) is 6.75. The Balaban J connectivity index is 1.37. The molecule has 148 valence electrons. The average Bonchev–Trinajstić information content (AvgIpc) is 3.18. The number of thioether (sulfide) groups is 1. The van der Waals surface area contributed by atoms with E-state index in [1.54, 1.807) is 12.1 Å². The Hall–Kier alpha value is -2.38. The molecule has 2 amide bonds. The predicted molar refractivity (Wildman–Crippen MR) is 112 cm³/mol. The van der Waals surface area contributed by atoms with Gasteiger partial charge in [-0.25, -0.2) is 4.39 Å². The predicted octanol–water partition coefficient (Wildman–Crippen LogP) is 3.73. The number of benzene rings is 2. The quantitative estimate of drug-likeness (QED) is 0.708. The maximum Gasteiger partial charge on any atom is 0.234 e. The number of likely N-dealkylation sites (tertiary alicyclic amines) is 1. The number of nitrogens with zero attached hydrogens (tertiary/aromatic N) is 1. The summed E-state index contributed by atoms with van der Waals surface area (Å²) in [6, 6.07) is 13.9. The van der Waals surface area contributed by atoms with Crippen LogP contribution in [0.1, 0.15) is 18.4 Å². The number of carbonyl (C=O) groups excluding carboxylic acids is 2. The molecule has 7 heteroatoms. The van der Waals surface area contributed by atoms with Gasteiger partial charge in [-0.05, 0) is 55.8 Å². The van der Waals surface area contributed by atoms with Crippen LogP contribution in [0.4, 0.5) is 15.8 Å². The molecule has 3 rings (SSSR count). The van der Waals surface area contributed by atoms with Gasteiger partial charge >= 0.3 is 0 Å². The molecule has 0 bridgehead atoms. The summed E-state index contributed by atoms with van der Waals surface area (Å²) in [6.07, 6.45) is 2.54. The minimum atomic E-state index is -0.480. The normalized spacial score (nSPS) is 14.0. The Kier molecular flexibility index (Phi) is 7.45. The first kappa shape index (κ1) is 20.4. The van der Waals surface area contributed by atoms with Crippen LogP contribution in [0.25, 0.3) is 0 Å². The minimum Gasteiger partial charge on any atom is -0.325 e. The van der Waals surface area contributed by atoms with E-state index in [1.165, 1.54) is 42.3 Å². The molecule has 1 fully saturated rings. The van der Waals surface area contributed by atoms with Crippen molar-refractivity contribution in [2.75, 3.05) is 35.2 Å². The van der Waals surface area contributed by atoms with Crippen LogP contribution in [-0.2, 0) is 16.1 Å². The Morgan fingerprint density at radius 3 is 2.25 bits per heavy atom. The van der Waals surface area contributed by atoms with Gasteiger partial charge in [-0.15, -0.1) is 11.8 Å². The molecule has 1 saturated heterocycles. The van der Waals surface area contributed by atoms with E-state index in [0.717, 1.165) is 25.3 Å². The van der Waals surface area contributed by atoms with Gasteiger partial charge in [-0.1, -0.05) is 24.3 Å². The third-order valence-electron chi connectivity index (χ3n) is 4.46. The minimum absolute atomic E-state index is 0.0799. The Labute approximate surface area is 168 Å². The maximum absolute atomic E-state index is 13.5. The molecular weight excluding hydrogens is 377 g/mol. The van der Waals surface area contributed by atoms with Crippen LogP contribution in [-0.4, -0.2) is 41.3 Å². The molecule has 0 unspecified atom stereocenters. The second kappa shape index (κ2) is 10.2. The van der Waals surface area contributed by atoms with Gasteiger partial charge < -0.3 is 10.6 Å². The third kappa shape index (κ3) is 6.35. The summed E-state index contributed by atoms with van der Waals surface area (Å²) in [5, 5.41) is 5.33. The first-order chi connectivity index (χ1) is 13.6. The molecular formula is C21H24FN3O2S. The highest BCUT2D eigenvalue weighted by molar-refractivity contribution is 8.00. The fourth-order valence-electron chi connectivity index (χ4n) is 3.07. The smallest absolute Gasteiger partial charge is 0.234 e. The zero-order valence-corrected chi connectivity index (χ0v) is 16.4. The number of carbonyl (C=O) groups is 2. The molecule has 1 aliphatic heterocycles. The SMILES string of the molecule is O=C(CSCC(=O)Nc1ccccc1F)Nc1ccc(CN2CCCC2)cc1. The van der Waals surface area contributed by atoms with E-state index in [9.17, 15) is 14.0 Å². The molecule has 2 N–H and O–H groups in total. The van der Waals surface area contributed by atoms with Gasteiger partial charge in [-0.2, -0.15) is 0 Å². The molecule has 2 aromatic carbocycles. The molecule has 5 nitrogen and oxygen atoms in total. The first-order valence-corrected chi connectivity index (χ1v) is 10.5. The van der Waals surface area contributed by atoms with Crippen molar-refractivity contribution < 1.29 is 14.0 Å². The van der Waals surface area contributed by atoms with E-state index in [1.807, 2.05) is 24.3 Å². The lowest BCUT2D eigenvalue weighted by Gasteiger charge is -2.14. The van der Waals surface area contributed by atoms with Crippen LogP contribution in [0, 0.1) is 5.82 Å². The lowest BCUT2D eigenvalue weighted by atomic mass is 10.2. The van der Waals surface area contributed by atoms with E-state index in [2.05, 4.69) is 15.5 Å². The number of nitrogens with one attached hydrogen (secondary N) is 2. The monoisotopic (exact) mass is 401 g/mol. The number of hydrogen-bond donors (Lipinski definition) is 2. The van der Waals surface area contributed by atoms with Gasteiger partial charge in [0.15, 0.2) is 0 Å². The third-order valence-corrected chi connectivity index (χ3v) is 5.39. The summed E-state index contributed by atoms with van der Waals surface area (Å²) in [5.41, 5.74) is 2.12. The molecule has 0 saturated carbocycles. The van der Waals surface area contributed by atoms with Crippen molar-refractivity contribution in [2.24, 2.45) is 0 Å². The number of para-hydroxylation sites is 1. The topological polar surface area (TPSA) is 61.4 Å².